The first kappa shape index (κ1) is 13.2. The summed E-state index contributed by atoms with van der Waals surface area (Å²) in [5, 5.41) is 11.1. The topological polar surface area (TPSA) is 52.6 Å². The summed E-state index contributed by atoms with van der Waals surface area (Å²) in [6, 6.07) is 0. The van der Waals surface area contributed by atoms with E-state index in [0.717, 1.165) is 26.1 Å². The fourth-order valence-corrected chi connectivity index (χ4v) is 1.33. The number of hydrogen-bond donors (Lipinski definition) is 2. The SMILES string of the molecule is CCN(CC)CCC(C)(C)NC(=O)O. The maximum atomic E-state index is 10.5. The highest BCUT2D eigenvalue weighted by atomic mass is 16.4. The second kappa shape index (κ2) is 5.86. The minimum atomic E-state index is -0.949. The van der Waals surface area contributed by atoms with Crippen molar-refractivity contribution in [3.05, 3.63) is 0 Å². The van der Waals surface area contributed by atoms with Crippen molar-refractivity contribution >= 4 is 6.09 Å². The molecule has 2 N–H and O–H groups in total. The first-order chi connectivity index (χ1) is 6.41. The molecule has 0 rings (SSSR count). The molecule has 0 aliphatic heterocycles. The van der Waals surface area contributed by atoms with Crippen LogP contribution >= 0.6 is 0 Å². The van der Waals surface area contributed by atoms with E-state index in [9.17, 15) is 4.79 Å². The number of carboxylic acid groups (broad SMARTS) is 1. The van der Waals surface area contributed by atoms with Crippen LogP contribution in [0.5, 0.6) is 0 Å². The zero-order chi connectivity index (χ0) is 11.2. The van der Waals surface area contributed by atoms with Gasteiger partial charge in [-0.1, -0.05) is 13.8 Å². The average molecular weight is 202 g/mol. The summed E-state index contributed by atoms with van der Waals surface area (Å²) in [5.41, 5.74) is -0.339. The van der Waals surface area contributed by atoms with E-state index in [0.29, 0.717) is 0 Å². The summed E-state index contributed by atoms with van der Waals surface area (Å²) in [6.45, 7) is 11.0. The number of nitrogens with zero attached hydrogens (tertiary/aromatic N) is 1. The Morgan fingerprint density at radius 3 is 2.21 bits per heavy atom. The van der Waals surface area contributed by atoms with Crippen molar-refractivity contribution in [2.75, 3.05) is 19.6 Å². The molecule has 1 amide bonds. The Morgan fingerprint density at radius 2 is 1.86 bits per heavy atom. The molecular weight excluding hydrogens is 180 g/mol. The molecule has 0 aliphatic carbocycles. The van der Waals surface area contributed by atoms with Gasteiger partial charge in [0.15, 0.2) is 0 Å². The second-order valence-corrected chi connectivity index (χ2v) is 4.09. The van der Waals surface area contributed by atoms with Crippen molar-refractivity contribution in [3.63, 3.8) is 0 Å². The number of nitrogens with one attached hydrogen (secondary N) is 1. The number of amides is 1. The largest absolute Gasteiger partial charge is 0.465 e. The molecule has 0 radical (unpaired) electrons. The highest BCUT2D eigenvalue weighted by Crippen LogP contribution is 2.09. The molecule has 0 unspecified atom stereocenters. The van der Waals surface area contributed by atoms with Crippen molar-refractivity contribution in [2.24, 2.45) is 0 Å². The number of carbonyl (C=O) groups is 1. The summed E-state index contributed by atoms with van der Waals surface area (Å²) in [6.07, 6.45) is -0.115. The van der Waals surface area contributed by atoms with Crippen LogP contribution in [0.2, 0.25) is 0 Å². The molecule has 0 heterocycles. The van der Waals surface area contributed by atoms with E-state index in [2.05, 4.69) is 24.1 Å². The molecule has 84 valence electrons. The normalized spacial score (nSPS) is 11.8. The molecular formula is C10H22N2O2. The summed E-state index contributed by atoms with van der Waals surface area (Å²) < 4.78 is 0. The van der Waals surface area contributed by atoms with Crippen LogP contribution in [0.25, 0.3) is 0 Å². The van der Waals surface area contributed by atoms with Gasteiger partial charge in [0.25, 0.3) is 0 Å². The van der Waals surface area contributed by atoms with Gasteiger partial charge < -0.3 is 15.3 Å². The van der Waals surface area contributed by atoms with E-state index >= 15 is 0 Å². The zero-order valence-electron chi connectivity index (χ0n) is 9.63. The predicted molar refractivity (Wildman–Crippen MR) is 57.6 cm³/mol. The van der Waals surface area contributed by atoms with Gasteiger partial charge in [0.2, 0.25) is 0 Å². The lowest BCUT2D eigenvalue weighted by molar-refractivity contribution is 0.176. The maximum absolute atomic E-state index is 10.5. The van der Waals surface area contributed by atoms with Crippen molar-refractivity contribution in [1.82, 2.24) is 10.2 Å². The van der Waals surface area contributed by atoms with E-state index in [4.69, 9.17) is 5.11 Å². The van der Waals surface area contributed by atoms with Gasteiger partial charge in [-0.25, -0.2) is 4.79 Å². The Balaban J connectivity index is 3.90. The minimum absolute atomic E-state index is 0.339. The van der Waals surface area contributed by atoms with E-state index in [1.54, 1.807) is 0 Å². The van der Waals surface area contributed by atoms with Crippen LogP contribution < -0.4 is 5.32 Å². The van der Waals surface area contributed by atoms with Crippen LogP contribution in [-0.2, 0) is 0 Å². The van der Waals surface area contributed by atoms with Crippen LogP contribution in [0.1, 0.15) is 34.1 Å². The van der Waals surface area contributed by atoms with Gasteiger partial charge in [-0.3, -0.25) is 0 Å². The quantitative estimate of drug-likeness (QED) is 0.690. The zero-order valence-corrected chi connectivity index (χ0v) is 9.63. The molecule has 0 fully saturated rings. The van der Waals surface area contributed by atoms with Crippen molar-refractivity contribution < 1.29 is 9.90 Å². The fraction of sp³-hybridized carbons (Fsp3) is 0.900. The number of hydrogen-bond acceptors (Lipinski definition) is 2. The lowest BCUT2D eigenvalue weighted by Crippen LogP contribution is -2.45. The Labute approximate surface area is 86.3 Å². The molecule has 0 atom stereocenters. The highest BCUT2D eigenvalue weighted by molar-refractivity contribution is 5.65. The molecule has 4 nitrogen and oxygen atoms in total. The molecule has 0 bridgehead atoms. The van der Waals surface area contributed by atoms with Crippen LogP contribution in [-0.4, -0.2) is 41.3 Å². The van der Waals surface area contributed by atoms with Gasteiger partial charge in [-0.05, 0) is 33.4 Å². The standard InChI is InChI=1S/C10H22N2O2/c1-5-12(6-2)8-7-10(3,4)11-9(13)14/h11H,5-8H2,1-4H3,(H,13,14). The Kier molecular flexibility index (Phi) is 5.53. The summed E-state index contributed by atoms with van der Waals surface area (Å²) >= 11 is 0. The molecule has 14 heavy (non-hydrogen) atoms. The predicted octanol–water partition coefficient (Wildman–Crippen LogP) is 1.76. The van der Waals surface area contributed by atoms with Crippen molar-refractivity contribution in [1.29, 1.82) is 0 Å². The molecule has 0 spiro atoms. The Bertz CT molecular complexity index is 177. The monoisotopic (exact) mass is 202 g/mol. The average Bonchev–Trinajstić information content (AvgIpc) is 2.03. The third kappa shape index (κ3) is 5.80. The summed E-state index contributed by atoms with van der Waals surface area (Å²) in [7, 11) is 0. The number of rotatable bonds is 6. The Hall–Kier alpha value is -0.770. The van der Waals surface area contributed by atoms with E-state index in [-0.39, 0.29) is 5.54 Å². The van der Waals surface area contributed by atoms with E-state index in [1.165, 1.54) is 0 Å². The van der Waals surface area contributed by atoms with Crippen LogP contribution in [0.15, 0.2) is 0 Å². The highest BCUT2D eigenvalue weighted by Gasteiger charge is 2.20. The second-order valence-electron chi connectivity index (χ2n) is 4.09. The van der Waals surface area contributed by atoms with Crippen LogP contribution in [0.3, 0.4) is 0 Å². The van der Waals surface area contributed by atoms with Crippen molar-refractivity contribution in [2.45, 2.75) is 39.7 Å². The lowest BCUT2D eigenvalue weighted by atomic mass is 10.0. The van der Waals surface area contributed by atoms with Gasteiger partial charge >= 0.3 is 6.09 Å². The van der Waals surface area contributed by atoms with Gasteiger partial charge in [0.1, 0.15) is 0 Å². The molecule has 0 aliphatic rings. The van der Waals surface area contributed by atoms with E-state index in [1.807, 2.05) is 13.8 Å². The van der Waals surface area contributed by atoms with Gasteiger partial charge in [-0.15, -0.1) is 0 Å². The maximum Gasteiger partial charge on any atom is 0.405 e. The third-order valence-electron chi connectivity index (χ3n) is 2.39. The van der Waals surface area contributed by atoms with Crippen LogP contribution in [0, 0.1) is 0 Å². The molecule has 0 saturated carbocycles. The van der Waals surface area contributed by atoms with Gasteiger partial charge in [0, 0.05) is 12.1 Å². The van der Waals surface area contributed by atoms with Crippen molar-refractivity contribution in [3.8, 4) is 0 Å². The first-order valence-corrected chi connectivity index (χ1v) is 5.14. The van der Waals surface area contributed by atoms with E-state index < -0.39 is 6.09 Å². The van der Waals surface area contributed by atoms with Gasteiger partial charge in [0.05, 0.1) is 0 Å². The molecule has 0 aromatic heterocycles. The fourth-order valence-electron chi connectivity index (χ4n) is 1.33. The third-order valence-corrected chi connectivity index (χ3v) is 2.39. The van der Waals surface area contributed by atoms with Gasteiger partial charge in [-0.2, -0.15) is 0 Å². The summed E-state index contributed by atoms with van der Waals surface area (Å²) in [5.74, 6) is 0. The lowest BCUT2D eigenvalue weighted by Gasteiger charge is -2.28. The molecule has 0 aromatic rings. The Morgan fingerprint density at radius 1 is 1.36 bits per heavy atom. The molecule has 4 heteroatoms. The minimum Gasteiger partial charge on any atom is -0.465 e. The molecule has 0 aromatic carbocycles. The smallest absolute Gasteiger partial charge is 0.405 e. The first-order valence-electron chi connectivity index (χ1n) is 5.14. The molecule has 0 saturated heterocycles. The van der Waals surface area contributed by atoms with Crippen LogP contribution in [0.4, 0.5) is 4.79 Å². The summed E-state index contributed by atoms with van der Waals surface area (Å²) in [4.78, 5) is 12.8.